The lowest BCUT2D eigenvalue weighted by Gasteiger charge is -2.30. The van der Waals surface area contributed by atoms with Crippen molar-refractivity contribution in [2.45, 2.75) is 19.3 Å². The normalized spacial score (nSPS) is 18.2. The van der Waals surface area contributed by atoms with Crippen molar-refractivity contribution in [2.24, 2.45) is 11.7 Å². The Bertz CT molecular complexity index is 469. The molecule has 0 spiro atoms. The van der Waals surface area contributed by atoms with Crippen molar-refractivity contribution in [3.63, 3.8) is 0 Å². The number of rotatable bonds is 3. The van der Waals surface area contributed by atoms with E-state index < -0.39 is 0 Å². The van der Waals surface area contributed by atoms with Crippen molar-refractivity contribution in [1.29, 1.82) is 0 Å². The van der Waals surface area contributed by atoms with Crippen LogP contribution >= 0.6 is 0 Å². The summed E-state index contributed by atoms with van der Waals surface area (Å²) in [5.74, 6) is 1.31. The summed E-state index contributed by atoms with van der Waals surface area (Å²) >= 11 is 0. The SMILES string of the molecule is NCCc1ccc2c(c1)N(C(=O)C1CC1)CCO2. The smallest absolute Gasteiger partial charge is 0.230 e. The van der Waals surface area contributed by atoms with Crippen LogP contribution in [0.15, 0.2) is 18.2 Å². The van der Waals surface area contributed by atoms with E-state index in [2.05, 4.69) is 0 Å². The van der Waals surface area contributed by atoms with Gasteiger partial charge in [-0.15, -0.1) is 0 Å². The van der Waals surface area contributed by atoms with Crippen molar-refractivity contribution in [3.05, 3.63) is 23.8 Å². The number of anilines is 1. The predicted molar refractivity (Wildman–Crippen MR) is 69.8 cm³/mol. The lowest BCUT2D eigenvalue weighted by molar-refractivity contribution is -0.120. The highest BCUT2D eigenvalue weighted by molar-refractivity contribution is 5.98. The monoisotopic (exact) mass is 246 g/mol. The van der Waals surface area contributed by atoms with E-state index in [0.29, 0.717) is 19.7 Å². The van der Waals surface area contributed by atoms with Crippen LogP contribution in [0.25, 0.3) is 0 Å². The molecule has 0 radical (unpaired) electrons. The molecular weight excluding hydrogens is 228 g/mol. The maximum absolute atomic E-state index is 12.2. The molecule has 2 N–H and O–H groups in total. The molecule has 0 saturated heterocycles. The molecule has 1 amide bonds. The summed E-state index contributed by atoms with van der Waals surface area (Å²) in [6.07, 6.45) is 2.90. The summed E-state index contributed by atoms with van der Waals surface area (Å²) in [6, 6.07) is 6.02. The number of carbonyl (C=O) groups excluding carboxylic acids is 1. The molecule has 18 heavy (non-hydrogen) atoms. The number of fused-ring (bicyclic) bond motifs is 1. The number of hydrogen-bond acceptors (Lipinski definition) is 3. The molecule has 3 rings (SSSR count). The minimum absolute atomic E-state index is 0.245. The Morgan fingerprint density at radius 2 is 2.28 bits per heavy atom. The van der Waals surface area contributed by atoms with E-state index in [9.17, 15) is 4.79 Å². The predicted octanol–water partition coefficient (Wildman–Crippen LogP) is 1.32. The second kappa shape index (κ2) is 4.61. The number of amides is 1. The summed E-state index contributed by atoms with van der Waals surface area (Å²) in [5.41, 5.74) is 7.66. The molecule has 0 bridgehead atoms. The van der Waals surface area contributed by atoms with Gasteiger partial charge in [-0.25, -0.2) is 0 Å². The molecule has 0 atom stereocenters. The highest BCUT2D eigenvalue weighted by Gasteiger charge is 2.36. The standard InChI is InChI=1S/C14H18N2O2/c15-6-5-10-1-4-13-12(9-10)16(7-8-18-13)14(17)11-2-3-11/h1,4,9,11H,2-3,5-8,15H2. The van der Waals surface area contributed by atoms with Crippen LogP contribution in [0.2, 0.25) is 0 Å². The lowest BCUT2D eigenvalue weighted by atomic mass is 10.1. The van der Waals surface area contributed by atoms with Gasteiger partial charge in [0.15, 0.2) is 0 Å². The number of ether oxygens (including phenoxy) is 1. The quantitative estimate of drug-likeness (QED) is 0.875. The van der Waals surface area contributed by atoms with Gasteiger partial charge >= 0.3 is 0 Å². The average Bonchev–Trinajstić information content (AvgIpc) is 3.22. The molecule has 0 unspecified atom stereocenters. The van der Waals surface area contributed by atoms with Crippen molar-refractivity contribution in [3.8, 4) is 5.75 Å². The van der Waals surface area contributed by atoms with Crippen molar-refractivity contribution < 1.29 is 9.53 Å². The summed E-state index contributed by atoms with van der Waals surface area (Å²) < 4.78 is 5.61. The van der Waals surface area contributed by atoms with E-state index in [4.69, 9.17) is 10.5 Å². The van der Waals surface area contributed by atoms with E-state index in [0.717, 1.165) is 36.3 Å². The molecule has 1 heterocycles. The van der Waals surface area contributed by atoms with Crippen LogP contribution in [-0.2, 0) is 11.2 Å². The molecule has 0 aromatic heterocycles. The van der Waals surface area contributed by atoms with E-state index >= 15 is 0 Å². The first-order valence-corrected chi connectivity index (χ1v) is 6.57. The van der Waals surface area contributed by atoms with Gasteiger partial charge in [0.2, 0.25) is 5.91 Å². The summed E-state index contributed by atoms with van der Waals surface area (Å²) in [7, 11) is 0. The van der Waals surface area contributed by atoms with Crippen molar-refractivity contribution in [1.82, 2.24) is 0 Å². The second-order valence-electron chi connectivity index (χ2n) is 4.95. The van der Waals surface area contributed by atoms with Crippen LogP contribution in [0.3, 0.4) is 0 Å². The fourth-order valence-corrected chi connectivity index (χ4v) is 2.37. The van der Waals surface area contributed by atoms with Gasteiger partial charge in [-0.1, -0.05) is 6.07 Å². The molecule has 1 aliphatic carbocycles. The fraction of sp³-hybridized carbons (Fsp3) is 0.500. The summed E-state index contributed by atoms with van der Waals surface area (Å²) in [6.45, 7) is 1.87. The highest BCUT2D eigenvalue weighted by Crippen LogP contribution is 2.38. The maximum atomic E-state index is 12.2. The fourth-order valence-electron chi connectivity index (χ4n) is 2.37. The molecule has 1 fully saturated rings. The van der Waals surface area contributed by atoms with E-state index in [-0.39, 0.29) is 11.8 Å². The number of hydrogen-bond donors (Lipinski definition) is 1. The Morgan fingerprint density at radius 1 is 1.44 bits per heavy atom. The molecule has 1 aromatic rings. The second-order valence-corrected chi connectivity index (χ2v) is 4.95. The van der Waals surface area contributed by atoms with E-state index in [1.54, 1.807) is 0 Å². The molecule has 1 aliphatic heterocycles. The lowest BCUT2D eigenvalue weighted by Crippen LogP contribution is -2.38. The van der Waals surface area contributed by atoms with E-state index in [1.165, 1.54) is 0 Å². The van der Waals surface area contributed by atoms with Crippen LogP contribution in [-0.4, -0.2) is 25.6 Å². The number of nitrogens with zero attached hydrogens (tertiary/aromatic N) is 1. The first-order valence-electron chi connectivity index (χ1n) is 6.57. The van der Waals surface area contributed by atoms with Gasteiger partial charge in [0.1, 0.15) is 12.4 Å². The Morgan fingerprint density at radius 3 is 3.00 bits per heavy atom. The molecule has 1 saturated carbocycles. The third-order valence-corrected chi connectivity index (χ3v) is 3.51. The van der Waals surface area contributed by atoms with Gasteiger partial charge in [-0.3, -0.25) is 4.79 Å². The molecular formula is C14H18N2O2. The molecule has 2 aliphatic rings. The third kappa shape index (κ3) is 2.08. The van der Waals surface area contributed by atoms with Crippen LogP contribution in [0.5, 0.6) is 5.75 Å². The summed E-state index contributed by atoms with van der Waals surface area (Å²) in [4.78, 5) is 14.1. The number of nitrogens with two attached hydrogens (primary N) is 1. The van der Waals surface area contributed by atoms with Crippen LogP contribution < -0.4 is 15.4 Å². The Hall–Kier alpha value is -1.55. The molecule has 1 aromatic carbocycles. The number of carbonyl (C=O) groups is 1. The molecule has 4 nitrogen and oxygen atoms in total. The van der Waals surface area contributed by atoms with Gasteiger partial charge in [0, 0.05) is 5.92 Å². The third-order valence-electron chi connectivity index (χ3n) is 3.51. The van der Waals surface area contributed by atoms with Gasteiger partial charge in [-0.2, -0.15) is 0 Å². The Kier molecular flexibility index (Phi) is 2.96. The zero-order valence-electron chi connectivity index (χ0n) is 10.4. The van der Waals surface area contributed by atoms with Crippen LogP contribution in [0.1, 0.15) is 18.4 Å². The van der Waals surface area contributed by atoms with Crippen molar-refractivity contribution in [2.75, 3.05) is 24.6 Å². The zero-order valence-corrected chi connectivity index (χ0v) is 10.4. The average molecular weight is 246 g/mol. The van der Waals surface area contributed by atoms with Crippen LogP contribution in [0, 0.1) is 5.92 Å². The minimum Gasteiger partial charge on any atom is -0.490 e. The molecule has 4 heteroatoms. The maximum Gasteiger partial charge on any atom is 0.230 e. The first kappa shape index (κ1) is 11.5. The Labute approximate surface area is 107 Å². The number of benzene rings is 1. The minimum atomic E-state index is 0.245. The van der Waals surface area contributed by atoms with Gasteiger partial charge in [-0.05, 0) is 43.5 Å². The zero-order chi connectivity index (χ0) is 12.5. The van der Waals surface area contributed by atoms with Gasteiger partial charge < -0.3 is 15.4 Å². The first-order chi connectivity index (χ1) is 8.79. The topological polar surface area (TPSA) is 55.6 Å². The molecule has 96 valence electrons. The largest absolute Gasteiger partial charge is 0.490 e. The van der Waals surface area contributed by atoms with Crippen LogP contribution in [0.4, 0.5) is 5.69 Å². The van der Waals surface area contributed by atoms with Gasteiger partial charge in [0.05, 0.1) is 12.2 Å². The van der Waals surface area contributed by atoms with E-state index in [1.807, 2.05) is 23.1 Å². The Balaban J connectivity index is 1.91. The highest BCUT2D eigenvalue weighted by atomic mass is 16.5. The van der Waals surface area contributed by atoms with Gasteiger partial charge in [0.25, 0.3) is 0 Å². The summed E-state index contributed by atoms with van der Waals surface area (Å²) in [5, 5.41) is 0. The van der Waals surface area contributed by atoms with Crippen molar-refractivity contribution >= 4 is 11.6 Å².